The second-order valence-electron chi connectivity index (χ2n) is 4.13. The van der Waals surface area contributed by atoms with Gasteiger partial charge in [-0.05, 0) is 24.3 Å². The van der Waals surface area contributed by atoms with Crippen molar-refractivity contribution in [1.29, 1.82) is 0 Å². The van der Waals surface area contributed by atoms with E-state index >= 15 is 0 Å². The van der Waals surface area contributed by atoms with Crippen LogP contribution in [0.2, 0.25) is 10.2 Å². The standard InChI is InChI=1S/C14H6BrCl2FN2/c15-8-5-10-12(11(18)6-8)19-14(20-13(10)17)7-2-1-3-9(16)4-7/h1-6H. The van der Waals surface area contributed by atoms with Gasteiger partial charge in [0.05, 0.1) is 0 Å². The predicted octanol–water partition coefficient (Wildman–Crippen LogP) is 5.51. The SMILES string of the molecule is Fc1cc(Br)cc2c(Cl)nc(-c3cccc(Cl)c3)nc12. The smallest absolute Gasteiger partial charge is 0.161 e. The van der Waals surface area contributed by atoms with Crippen molar-refractivity contribution < 1.29 is 4.39 Å². The third-order valence-corrected chi connectivity index (χ3v) is 3.74. The van der Waals surface area contributed by atoms with E-state index in [-0.39, 0.29) is 10.7 Å². The molecule has 6 heteroatoms. The zero-order valence-electron chi connectivity index (χ0n) is 9.87. The Morgan fingerprint density at radius 3 is 2.60 bits per heavy atom. The lowest BCUT2D eigenvalue weighted by Crippen LogP contribution is -1.94. The molecular formula is C14H6BrCl2FN2. The van der Waals surface area contributed by atoms with E-state index in [4.69, 9.17) is 23.2 Å². The molecule has 20 heavy (non-hydrogen) atoms. The number of benzene rings is 2. The lowest BCUT2D eigenvalue weighted by molar-refractivity contribution is 0.636. The summed E-state index contributed by atoms with van der Waals surface area (Å²) in [4.78, 5) is 8.44. The van der Waals surface area contributed by atoms with Gasteiger partial charge in [-0.2, -0.15) is 0 Å². The van der Waals surface area contributed by atoms with Crippen molar-refractivity contribution in [2.24, 2.45) is 0 Å². The van der Waals surface area contributed by atoms with Gasteiger partial charge in [-0.3, -0.25) is 0 Å². The van der Waals surface area contributed by atoms with Gasteiger partial charge in [0.25, 0.3) is 0 Å². The molecule has 0 saturated heterocycles. The fourth-order valence-corrected chi connectivity index (χ4v) is 2.72. The Morgan fingerprint density at radius 1 is 1.05 bits per heavy atom. The molecule has 100 valence electrons. The van der Waals surface area contributed by atoms with Crippen molar-refractivity contribution in [2.75, 3.05) is 0 Å². The van der Waals surface area contributed by atoms with E-state index in [1.165, 1.54) is 6.07 Å². The highest BCUT2D eigenvalue weighted by Gasteiger charge is 2.12. The Balaban J connectivity index is 2.29. The molecule has 0 fully saturated rings. The summed E-state index contributed by atoms with van der Waals surface area (Å²) < 4.78 is 14.6. The molecule has 0 aliphatic heterocycles. The minimum Gasteiger partial charge on any atom is -0.225 e. The molecule has 0 radical (unpaired) electrons. The van der Waals surface area contributed by atoms with E-state index < -0.39 is 5.82 Å². The fourth-order valence-electron chi connectivity index (χ4n) is 1.88. The Hall–Kier alpha value is -1.23. The van der Waals surface area contributed by atoms with E-state index in [1.54, 1.807) is 30.3 Å². The monoisotopic (exact) mass is 370 g/mol. The molecule has 0 spiro atoms. The van der Waals surface area contributed by atoms with E-state index in [1.807, 2.05) is 0 Å². The van der Waals surface area contributed by atoms with Crippen LogP contribution in [0.5, 0.6) is 0 Å². The van der Waals surface area contributed by atoms with Gasteiger partial charge in [0.2, 0.25) is 0 Å². The molecule has 3 rings (SSSR count). The molecular weight excluding hydrogens is 366 g/mol. The molecule has 2 aromatic carbocycles. The minimum absolute atomic E-state index is 0.183. The number of hydrogen-bond donors (Lipinski definition) is 0. The quantitative estimate of drug-likeness (QED) is 0.527. The first-order valence-electron chi connectivity index (χ1n) is 5.63. The van der Waals surface area contributed by atoms with Gasteiger partial charge >= 0.3 is 0 Å². The van der Waals surface area contributed by atoms with Gasteiger partial charge in [0, 0.05) is 20.4 Å². The summed E-state index contributed by atoms with van der Waals surface area (Å²) in [7, 11) is 0. The van der Waals surface area contributed by atoms with Crippen molar-refractivity contribution in [3.63, 3.8) is 0 Å². The summed E-state index contributed by atoms with van der Waals surface area (Å²) in [6.45, 7) is 0. The van der Waals surface area contributed by atoms with Crippen molar-refractivity contribution in [2.45, 2.75) is 0 Å². The maximum Gasteiger partial charge on any atom is 0.161 e. The molecule has 1 aromatic heterocycles. The third kappa shape index (κ3) is 2.51. The lowest BCUT2D eigenvalue weighted by Gasteiger charge is -2.06. The first kappa shape index (κ1) is 13.7. The van der Waals surface area contributed by atoms with Gasteiger partial charge in [-0.1, -0.05) is 51.3 Å². The average molecular weight is 372 g/mol. The van der Waals surface area contributed by atoms with Crippen LogP contribution in [-0.2, 0) is 0 Å². The van der Waals surface area contributed by atoms with Crippen LogP contribution in [0.1, 0.15) is 0 Å². The van der Waals surface area contributed by atoms with Crippen LogP contribution in [0.15, 0.2) is 40.9 Å². The topological polar surface area (TPSA) is 25.8 Å². The van der Waals surface area contributed by atoms with E-state index in [0.29, 0.717) is 26.3 Å². The summed E-state index contributed by atoms with van der Waals surface area (Å²) in [5.41, 5.74) is 0.867. The van der Waals surface area contributed by atoms with Crippen LogP contribution in [0.3, 0.4) is 0 Å². The van der Waals surface area contributed by atoms with Crippen molar-refractivity contribution in [3.05, 3.63) is 56.9 Å². The molecule has 2 nitrogen and oxygen atoms in total. The number of halogens is 4. The van der Waals surface area contributed by atoms with Gasteiger partial charge in [0.15, 0.2) is 11.6 Å². The van der Waals surface area contributed by atoms with Crippen LogP contribution < -0.4 is 0 Å². The minimum atomic E-state index is -0.457. The van der Waals surface area contributed by atoms with Crippen LogP contribution in [0, 0.1) is 5.82 Å². The fraction of sp³-hybridized carbons (Fsp3) is 0. The third-order valence-electron chi connectivity index (χ3n) is 2.76. The summed E-state index contributed by atoms with van der Waals surface area (Å²) >= 11 is 15.3. The van der Waals surface area contributed by atoms with Crippen molar-refractivity contribution in [1.82, 2.24) is 9.97 Å². The van der Waals surface area contributed by atoms with Gasteiger partial charge in [-0.25, -0.2) is 14.4 Å². The second kappa shape index (κ2) is 5.28. The van der Waals surface area contributed by atoms with Gasteiger partial charge in [0.1, 0.15) is 10.7 Å². The van der Waals surface area contributed by atoms with E-state index in [0.717, 1.165) is 0 Å². The largest absolute Gasteiger partial charge is 0.225 e. The van der Waals surface area contributed by atoms with E-state index in [9.17, 15) is 4.39 Å². The highest BCUT2D eigenvalue weighted by atomic mass is 79.9. The Kier molecular flexibility index (Phi) is 3.63. The van der Waals surface area contributed by atoms with Gasteiger partial charge < -0.3 is 0 Å². The summed E-state index contributed by atoms with van der Waals surface area (Å²) in [6.07, 6.45) is 0. The Bertz CT molecular complexity index is 824. The molecule has 0 amide bonds. The maximum atomic E-state index is 14.0. The highest BCUT2D eigenvalue weighted by molar-refractivity contribution is 9.10. The second-order valence-corrected chi connectivity index (χ2v) is 5.84. The maximum absolute atomic E-state index is 14.0. The Labute approximate surface area is 132 Å². The molecule has 0 saturated carbocycles. The predicted molar refractivity (Wildman–Crippen MR) is 82.7 cm³/mol. The van der Waals surface area contributed by atoms with Crippen molar-refractivity contribution in [3.8, 4) is 11.4 Å². The normalized spacial score (nSPS) is 11.0. The molecule has 0 bridgehead atoms. The molecule has 0 aliphatic carbocycles. The zero-order chi connectivity index (χ0) is 14.3. The molecule has 0 atom stereocenters. The first-order valence-corrected chi connectivity index (χ1v) is 7.18. The number of hydrogen-bond acceptors (Lipinski definition) is 2. The Morgan fingerprint density at radius 2 is 1.85 bits per heavy atom. The summed E-state index contributed by atoms with van der Waals surface area (Å²) in [5, 5.41) is 1.22. The summed E-state index contributed by atoms with van der Waals surface area (Å²) in [5.74, 6) is -0.117. The van der Waals surface area contributed by atoms with Crippen LogP contribution in [0.25, 0.3) is 22.3 Å². The first-order chi connectivity index (χ1) is 9.54. The zero-order valence-corrected chi connectivity index (χ0v) is 13.0. The number of aromatic nitrogens is 2. The highest BCUT2D eigenvalue weighted by Crippen LogP contribution is 2.29. The molecule has 1 heterocycles. The molecule has 0 aliphatic rings. The van der Waals surface area contributed by atoms with Gasteiger partial charge in [-0.15, -0.1) is 0 Å². The lowest BCUT2D eigenvalue weighted by atomic mass is 10.2. The average Bonchev–Trinajstić information content (AvgIpc) is 2.39. The number of fused-ring (bicyclic) bond motifs is 1. The van der Waals surface area contributed by atoms with Crippen LogP contribution in [0.4, 0.5) is 4.39 Å². The van der Waals surface area contributed by atoms with Crippen LogP contribution >= 0.6 is 39.1 Å². The van der Waals surface area contributed by atoms with Crippen LogP contribution in [-0.4, -0.2) is 9.97 Å². The number of nitrogens with zero attached hydrogens (tertiary/aromatic N) is 2. The molecule has 0 N–H and O–H groups in total. The molecule has 3 aromatic rings. The van der Waals surface area contributed by atoms with Crippen molar-refractivity contribution >= 4 is 50.0 Å². The van der Waals surface area contributed by atoms with E-state index in [2.05, 4.69) is 25.9 Å². The summed E-state index contributed by atoms with van der Waals surface area (Å²) in [6, 6.07) is 10.0. The molecule has 0 unspecified atom stereocenters. The number of rotatable bonds is 1.